The minimum atomic E-state index is -1.55. The Morgan fingerprint density at radius 2 is 1.88 bits per heavy atom. The van der Waals surface area contributed by atoms with Crippen molar-refractivity contribution in [3.05, 3.63) is 21.4 Å². The standard InChI is InChI=1S/C18H25BrN2O3/c1-11-13(16(22)17(23)24)15(14(19)12(2)20-11)21-9-8-18(10-21)6-4-3-5-7-18/h16,22H,3-10H2,1-2H3,(H,23,24). The number of hydrogen-bond acceptors (Lipinski definition) is 4. The summed E-state index contributed by atoms with van der Waals surface area (Å²) < 4.78 is 0.802. The van der Waals surface area contributed by atoms with E-state index >= 15 is 0 Å². The Balaban J connectivity index is 2.02. The van der Waals surface area contributed by atoms with Crippen molar-refractivity contribution in [2.45, 2.75) is 58.5 Å². The Morgan fingerprint density at radius 1 is 1.21 bits per heavy atom. The van der Waals surface area contributed by atoms with Crippen LogP contribution in [0.3, 0.4) is 0 Å². The van der Waals surface area contributed by atoms with Crippen LogP contribution in [-0.4, -0.2) is 34.3 Å². The Hall–Kier alpha value is -1.14. The molecule has 0 radical (unpaired) electrons. The summed E-state index contributed by atoms with van der Waals surface area (Å²) in [6.45, 7) is 5.52. The van der Waals surface area contributed by atoms with Gasteiger partial charge in [0.1, 0.15) is 0 Å². The van der Waals surface area contributed by atoms with Crippen LogP contribution in [0, 0.1) is 19.3 Å². The topological polar surface area (TPSA) is 73.7 Å². The third-order valence-electron chi connectivity index (χ3n) is 5.68. The summed E-state index contributed by atoms with van der Waals surface area (Å²) in [5, 5.41) is 19.6. The second-order valence-corrected chi connectivity index (χ2v) is 8.12. The molecule has 1 aliphatic heterocycles. The summed E-state index contributed by atoms with van der Waals surface area (Å²) in [5.41, 5.74) is 3.01. The normalized spacial score (nSPS) is 21.2. The molecule has 1 saturated carbocycles. The lowest BCUT2D eigenvalue weighted by Gasteiger charge is -2.34. The number of aliphatic carboxylic acids is 1. The Kier molecular flexibility index (Phi) is 4.89. The Morgan fingerprint density at radius 3 is 2.50 bits per heavy atom. The first-order chi connectivity index (χ1) is 11.3. The van der Waals surface area contributed by atoms with Crippen LogP contribution in [0.4, 0.5) is 5.69 Å². The molecule has 1 saturated heterocycles. The van der Waals surface area contributed by atoms with Gasteiger partial charge in [-0.3, -0.25) is 4.98 Å². The van der Waals surface area contributed by atoms with E-state index in [2.05, 4.69) is 25.8 Å². The van der Waals surface area contributed by atoms with E-state index in [0.29, 0.717) is 16.7 Å². The number of aliphatic hydroxyl groups is 1. The molecule has 132 valence electrons. The van der Waals surface area contributed by atoms with Gasteiger partial charge in [0.2, 0.25) is 0 Å². The van der Waals surface area contributed by atoms with Crippen LogP contribution in [-0.2, 0) is 4.79 Å². The molecule has 2 fully saturated rings. The molecule has 5 nitrogen and oxygen atoms in total. The van der Waals surface area contributed by atoms with Gasteiger partial charge in [-0.15, -0.1) is 0 Å². The average Bonchev–Trinajstić information content (AvgIpc) is 2.93. The third kappa shape index (κ3) is 3.06. The second kappa shape index (κ2) is 6.64. The predicted octanol–water partition coefficient (Wildman–Crippen LogP) is 3.74. The molecule has 2 aliphatic rings. The van der Waals surface area contributed by atoms with Crippen molar-refractivity contribution in [3.63, 3.8) is 0 Å². The number of carboxylic acid groups (broad SMARTS) is 1. The number of halogens is 1. The van der Waals surface area contributed by atoms with E-state index in [0.717, 1.165) is 35.4 Å². The quantitative estimate of drug-likeness (QED) is 0.813. The molecule has 1 aromatic heterocycles. The zero-order chi connectivity index (χ0) is 17.5. The van der Waals surface area contributed by atoms with Crippen molar-refractivity contribution in [1.29, 1.82) is 0 Å². The van der Waals surface area contributed by atoms with Crippen LogP contribution in [0.5, 0.6) is 0 Å². The van der Waals surface area contributed by atoms with Crippen LogP contribution in [0.2, 0.25) is 0 Å². The summed E-state index contributed by atoms with van der Waals surface area (Å²) >= 11 is 3.60. The summed E-state index contributed by atoms with van der Waals surface area (Å²) in [7, 11) is 0. The molecule has 0 amide bonds. The number of pyridine rings is 1. The number of aryl methyl sites for hydroxylation is 2. The van der Waals surface area contributed by atoms with Gasteiger partial charge in [0, 0.05) is 24.3 Å². The highest BCUT2D eigenvalue weighted by molar-refractivity contribution is 9.10. The first-order valence-corrected chi connectivity index (χ1v) is 9.46. The van der Waals surface area contributed by atoms with E-state index < -0.39 is 12.1 Å². The molecule has 2 N–H and O–H groups in total. The maximum absolute atomic E-state index is 11.4. The highest BCUT2D eigenvalue weighted by atomic mass is 79.9. The lowest BCUT2D eigenvalue weighted by atomic mass is 9.73. The van der Waals surface area contributed by atoms with Crippen LogP contribution < -0.4 is 4.90 Å². The van der Waals surface area contributed by atoms with Crippen molar-refractivity contribution in [2.24, 2.45) is 5.41 Å². The fourth-order valence-electron chi connectivity index (χ4n) is 4.42. The fourth-order valence-corrected chi connectivity index (χ4v) is 4.97. The average molecular weight is 397 g/mol. The minimum absolute atomic E-state index is 0.355. The van der Waals surface area contributed by atoms with E-state index in [1.165, 1.54) is 32.1 Å². The highest BCUT2D eigenvalue weighted by Gasteiger charge is 2.41. The Bertz CT molecular complexity index is 656. The molecule has 0 bridgehead atoms. The second-order valence-electron chi connectivity index (χ2n) is 7.33. The molecule has 3 rings (SSSR count). The van der Waals surface area contributed by atoms with Gasteiger partial charge in [-0.1, -0.05) is 19.3 Å². The summed E-state index contributed by atoms with van der Waals surface area (Å²) in [6.07, 6.45) is 5.99. The molecule has 1 aliphatic carbocycles. The molecule has 1 aromatic rings. The molecule has 2 heterocycles. The number of aromatic nitrogens is 1. The van der Waals surface area contributed by atoms with Gasteiger partial charge in [0.15, 0.2) is 6.10 Å². The summed E-state index contributed by atoms with van der Waals surface area (Å²) in [5.74, 6) is -1.23. The molecule has 0 aromatic carbocycles. The number of hydrogen-bond donors (Lipinski definition) is 2. The van der Waals surface area contributed by atoms with E-state index in [9.17, 15) is 15.0 Å². The minimum Gasteiger partial charge on any atom is -0.479 e. The van der Waals surface area contributed by atoms with E-state index in [1.54, 1.807) is 6.92 Å². The van der Waals surface area contributed by atoms with Crippen LogP contribution in [0.15, 0.2) is 4.47 Å². The first kappa shape index (κ1) is 17.7. The number of aliphatic hydroxyl groups excluding tert-OH is 1. The smallest absolute Gasteiger partial charge is 0.337 e. The van der Waals surface area contributed by atoms with E-state index in [-0.39, 0.29) is 0 Å². The lowest BCUT2D eigenvalue weighted by molar-refractivity contribution is -0.147. The number of carboxylic acids is 1. The largest absolute Gasteiger partial charge is 0.479 e. The third-order valence-corrected chi connectivity index (χ3v) is 6.63. The van der Waals surface area contributed by atoms with E-state index in [4.69, 9.17) is 0 Å². The lowest BCUT2D eigenvalue weighted by Crippen LogP contribution is -2.31. The zero-order valence-electron chi connectivity index (χ0n) is 14.3. The number of rotatable bonds is 3. The van der Waals surface area contributed by atoms with Gasteiger partial charge in [0.25, 0.3) is 0 Å². The predicted molar refractivity (Wildman–Crippen MR) is 96.4 cm³/mol. The van der Waals surface area contributed by atoms with Gasteiger partial charge < -0.3 is 15.1 Å². The van der Waals surface area contributed by atoms with Gasteiger partial charge in [-0.05, 0) is 54.5 Å². The SMILES string of the molecule is Cc1nc(C)c(C(O)C(=O)O)c(N2CCC3(CCCCC3)C2)c1Br. The van der Waals surface area contributed by atoms with E-state index in [1.807, 2.05) is 6.92 Å². The van der Waals surface area contributed by atoms with Gasteiger partial charge >= 0.3 is 5.97 Å². The highest BCUT2D eigenvalue weighted by Crippen LogP contribution is 2.48. The number of carbonyl (C=O) groups is 1. The van der Waals surface area contributed by atoms with Gasteiger partial charge in [0.05, 0.1) is 15.9 Å². The first-order valence-electron chi connectivity index (χ1n) is 8.67. The van der Waals surface area contributed by atoms with Crippen molar-refractivity contribution in [2.75, 3.05) is 18.0 Å². The van der Waals surface area contributed by atoms with Crippen molar-refractivity contribution in [3.8, 4) is 0 Å². The molecule has 6 heteroatoms. The molecular weight excluding hydrogens is 372 g/mol. The maximum Gasteiger partial charge on any atom is 0.337 e. The maximum atomic E-state index is 11.4. The van der Waals surface area contributed by atoms with Gasteiger partial charge in [-0.25, -0.2) is 4.79 Å². The van der Waals surface area contributed by atoms with Crippen molar-refractivity contribution in [1.82, 2.24) is 4.98 Å². The molecule has 1 atom stereocenters. The fraction of sp³-hybridized carbons (Fsp3) is 0.667. The van der Waals surface area contributed by atoms with Crippen molar-refractivity contribution < 1.29 is 15.0 Å². The summed E-state index contributed by atoms with van der Waals surface area (Å²) in [4.78, 5) is 18.1. The Labute approximate surface area is 151 Å². The van der Waals surface area contributed by atoms with Crippen molar-refractivity contribution >= 4 is 27.6 Å². The van der Waals surface area contributed by atoms with Gasteiger partial charge in [-0.2, -0.15) is 0 Å². The number of nitrogens with zero attached hydrogens (tertiary/aromatic N) is 2. The summed E-state index contributed by atoms with van der Waals surface area (Å²) in [6, 6.07) is 0. The molecule has 1 unspecified atom stereocenters. The molecule has 24 heavy (non-hydrogen) atoms. The zero-order valence-corrected chi connectivity index (χ0v) is 15.9. The number of anilines is 1. The van der Waals surface area contributed by atoms with Crippen LogP contribution in [0.25, 0.3) is 0 Å². The molecular formula is C18H25BrN2O3. The monoisotopic (exact) mass is 396 g/mol. The van der Waals surface area contributed by atoms with Crippen LogP contribution >= 0.6 is 15.9 Å². The van der Waals surface area contributed by atoms with Crippen LogP contribution in [0.1, 0.15) is 61.6 Å². The molecule has 1 spiro atoms.